The van der Waals surface area contributed by atoms with Crippen molar-refractivity contribution in [3.8, 4) is 5.82 Å². The summed E-state index contributed by atoms with van der Waals surface area (Å²) in [5.74, 6) is -0.423. The monoisotopic (exact) mass is 400 g/mol. The van der Waals surface area contributed by atoms with Crippen LogP contribution in [-0.2, 0) is 9.53 Å². The molecule has 150 valence electrons. The second-order valence-electron chi connectivity index (χ2n) is 6.89. The molecule has 0 atom stereocenters. The molecule has 4 aromatic rings. The number of fused-ring (bicyclic) bond motifs is 1. The summed E-state index contributed by atoms with van der Waals surface area (Å²) in [4.78, 5) is 28.8. The van der Waals surface area contributed by atoms with Gasteiger partial charge in [-0.3, -0.25) is 4.79 Å². The van der Waals surface area contributed by atoms with Crippen molar-refractivity contribution >= 4 is 28.3 Å². The largest absolute Gasteiger partial charge is 0.452 e. The molecule has 4 rings (SSSR count). The Morgan fingerprint density at radius 2 is 1.83 bits per heavy atom. The Kier molecular flexibility index (Phi) is 5.26. The first-order valence-electron chi connectivity index (χ1n) is 9.46. The van der Waals surface area contributed by atoms with Gasteiger partial charge in [0.2, 0.25) is 0 Å². The van der Waals surface area contributed by atoms with Gasteiger partial charge in [0, 0.05) is 23.0 Å². The van der Waals surface area contributed by atoms with Gasteiger partial charge in [0.05, 0.1) is 11.3 Å². The predicted octanol–water partition coefficient (Wildman–Crippen LogP) is 3.83. The second kappa shape index (κ2) is 8.16. The lowest BCUT2D eigenvalue weighted by Crippen LogP contribution is -2.21. The fourth-order valence-electron chi connectivity index (χ4n) is 3.23. The van der Waals surface area contributed by atoms with Crippen molar-refractivity contribution in [2.75, 3.05) is 11.9 Å². The summed E-state index contributed by atoms with van der Waals surface area (Å²) in [6.07, 6.45) is 1.41. The summed E-state index contributed by atoms with van der Waals surface area (Å²) >= 11 is 0. The number of esters is 1. The first-order chi connectivity index (χ1) is 14.5. The van der Waals surface area contributed by atoms with Crippen LogP contribution < -0.4 is 5.32 Å². The van der Waals surface area contributed by atoms with Crippen LogP contribution in [0.15, 0.2) is 66.9 Å². The van der Waals surface area contributed by atoms with E-state index in [0.717, 1.165) is 22.2 Å². The lowest BCUT2D eigenvalue weighted by molar-refractivity contribution is -0.119. The highest BCUT2D eigenvalue weighted by Gasteiger charge is 2.13. The average Bonchev–Trinajstić information content (AvgIpc) is 3.10. The highest BCUT2D eigenvalue weighted by molar-refractivity contribution is 6.03. The standard InChI is InChI=1S/C23H20N4O3/c1-15-12-16(2)27(26-15)21-11-10-18(13-24-21)23(29)30-14-22(28)25-20-9-5-7-17-6-3-4-8-19(17)20/h3-13H,14H2,1-2H3,(H,25,28). The van der Waals surface area contributed by atoms with E-state index >= 15 is 0 Å². The number of hydrogen-bond acceptors (Lipinski definition) is 5. The van der Waals surface area contributed by atoms with Crippen molar-refractivity contribution < 1.29 is 14.3 Å². The van der Waals surface area contributed by atoms with E-state index in [4.69, 9.17) is 4.74 Å². The molecule has 0 saturated heterocycles. The Labute approximate surface area is 173 Å². The molecule has 1 amide bonds. The van der Waals surface area contributed by atoms with Crippen LogP contribution in [0, 0.1) is 13.8 Å². The van der Waals surface area contributed by atoms with Crippen LogP contribution in [0.3, 0.4) is 0 Å². The molecule has 0 aliphatic carbocycles. The van der Waals surface area contributed by atoms with Gasteiger partial charge in [0.15, 0.2) is 12.4 Å². The van der Waals surface area contributed by atoms with Crippen molar-refractivity contribution in [3.05, 3.63) is 83.8 Å². The van der Waals surface area contributed by atoms with Gasteiger partial charge < -0.3 is 10.1 Å². The van der Waals surface area contributed by atoms with E-state index < -0.39 is 11.9 Å². The van der Waals surface area contributed by atoms with Crippen LogP contribution in [0.5, 0.6) is 0 Å². The number of anilines is 1. The maximum Gasteiger partial charge on any atom is 0.340 e. The van der Waals surface area contributed by atoms with Gasteiger partial charge in [-0.15, -0.1) is 0 Å². The van der Waals surface area contributed by atoms with Gasteiger partial charge in [-0.2, -0.15) is 5.10 Å². The fourth-order valence-corrected chi connectivity index (χ4v) is 3.23. The first-order valence-corrected chi connectivity index (χ1v) is 9.46. The molecular weight excluding hydrogens is 380 g/mol. The maximum atomic E-state index is 12.3. The van der Waals surface area contributed by atoms with Gasteiger partial charge in [-0.1, -0.05) is 36.4 Å². The zero-order valence-electron chi connectivity index (χ0n) is 16.6. The number of ether oxygens (including phenoxy) is 1. The number of aromatic nitrogens is 3. The number of carbonyl (C=O) groups is 2. The number of benzene rings is 2. The normalized spacial score (nSPS) is 10.7. The van der Waals surface area contributed by atoms with Crippen molar-refractivity contribution in [2.45, 2.75) is 13.8 Å². The Bertz CT molecular complexity index is 1220. The van der Waals surface area contributed by atoms with Crippen LogP contribution in [0.25, 0.3) is 16.6 Å². The summed E-state index contributed by atoms with van der Waals surface area (Å²) in [5, 5.41) is 9.08. The third kappa shape index (κ3) is 4.05. The molecule has 0 spiro atoms. The number of rotatable bonds is 5. The number of pyridine rings is 1. The number of aryl methyl sites for hydroxylation is 2. The summed E-state index contributed by atoms with van der Waals surface area (Å²) in [7, 11) is 0. The Morgan fingerprint density at radius 1 is 1.03 bits per heavy atom. The third-order valence-corrected chi connectivity index (χ3v) is 4.61. The molecule has 0 bridgehead atoms. The van der Waals surface area contributed by atoms with Crippen molar-refractivity contribution in [1.29, 1.82) is 0 Å². The van der Waals surface area contributed by atoms with Gasteiger partial charge >= 0.3 is 5.97 Å². The van der Waals surface area contributed by atoms with E-state index in [1.54, 1.807) is 16.8 Å². The van der Waals surface area contributed by atoms with Crippen molar-refractivity contribution in [1.82, 2.24) is 14.8 Å². The van der Waals surface area contributed by atoms with E-state index in [1.165, 1.54) is 6.20 Å². The number of nitrogens with zero attached hydrogens (tertiary/aromatic N) is 3. The van der Waals surface area contributed by atoms with Crippen molar-refractivity contribution in [2.24, 2.45) is 0 Å². The van der Waals surface area contributed by atoms with Crippen LogP contribution >= 0.6 is 0 Å². The van der Waals surface area contributed by atoms with Crippen LogP contribution in [0.1, 0.15) is 21.7 Å². The zero-order valence-corrected chi connectivity index (χ0v) is 16.6. The minimum atomic E-state index is -0.615. The molecular formula is C23H20N4O3. The summed E-state index contributed by atoms with van der Waals surface area (Å²) in [6, 6.07) is 18.6. The predicted molar refractivity (Wildman–Crippen MR) is 114 cm³/mol. The molecule has 0 aliphatic heterocycles. The smallest absolute Gasteiger partial charge is 0.340 e. The van der Waals surface area contributed by atoms with E-state index in [1.807, 2.05) is 62.4 Å². The lowest BCUT2D eigenvalue weighted by Gasteiger charge is -2.09. The Balaban J connectivity index is 1.38. The molecule has 2 aromatic carbocycles. The quantitative estimate of drug-likeness (QED) is 0.515. The SMILES string of the molecule is Cc1cc(C)n(-c2ccc(C(=O)OCC(=O)Nc3cccc4ccccc34)cn2)n1. The first kappa shape index (κ1) is 19.3. The lowest BCUT2D eigenvalue weighted by atomic mass is 10.1. The third-order valence-electron chi connectivity index (χ3n) is 4.61. The molecule has 1 N–H and O–H groups in total. The van der Waals surface area contributed by atoms with Gasteiger partial charge in [-0.05, 0) is 43.5 Å². The van der Waals surface area contributed by atoms with Gasteiger partial charge in [-0.25, -0.2) is 14.5 Å². The van der Waals surface area contributed by atoms with E-state index in [0.29, 0.717) is 11.5 Å². The number of hydrogen-bond donors (Lipinski definition) is 1. The molecule has 2 aromatic heterocycles. The summed E-state index contributed by atoms with van der Waals surface area (Å²) in [5.41, 5.74) is 2.76. The highest BCUT2D eigenvalue weighted by Crippen LogP contribution is 2.22. The minimum absolute atomic E-state index is 0.262. The Hall–Kier alpha value is -4.00. The van der Waals surface area contributed by atoms with Gasteiger partial charge in [0.25, 0.3) is 5.91 Å². The molecule has 0 fully saturated rings. The average molecular weight is 400 g/mol. The minimum Gasteiger partial charge on any atom is -0.452 e. The molecule has 2 heterocycles. The molecule has 0 saturated carbocycles. The Morgan fingerprint density at radius 3 is 2.57 bits per heavy atom. The van der Waals surface area contributed by atoms with E-state index in [9.17, 15) is 9.59 Å². The topological polar surface area (TPSA) is 86.1 Å². The van der Waals surface area contributed by atoms with Crippen molar-refractivity contribution in [3.63, 3.8) is 0 Å². The molecule has 0 radical (unpaired) electrons. The molecule has 0 aliphatic rings. The van der Waals surface area contributed by atoms with E-state index in [2.05, 4.69) is 15.4 Å². The summed E-state index contributed by atoms with van der Waals surface area (Å²) < 4.78 is 6.83. The number of nitrogens with one attached hydrogen (secondary N) is 1. The molecule has 7 nitrogen and oxygen atoms in total. The summed E-state index contributed by atoms with van der Waals surface area (Å²) in [6.45, 7) is 3.44. The van der Waals surface area contributed by atoms with Crippen LogP contribution in [0.4, 0.5) is 5.69 Å². The molecule has 0 unspecified atom stereocenters. The maximum absolute atomic E-state index is 12.3. The molecule has 30 heavy (non-hydrogen) atoms. The van der Waals surface area contributed by atoms with Crippen LogP contribution in [-0.4, -0.2) is 33.2 Å². The zero-order chi connectivity index (χ0) is 21.1. The van der Waals surface area contributed by atoms with Crippen LogP contribution in [0.2, 0.25) is 0 Å². The molecule has 7 heteroatoms. The second-order valence-corrected chi connectivity index (χ2v) is 6.89. The highest BCUT2D eigenvalue weighted by atomic mass is 16.5. The van der Waals surface area contributed by atoms with E-state index in [-0.39, 0.29) is 12.2 Å². The fraction of sp³-hybridized carbons (Fsp3) is 0.130. The van der Waals surface area contributed by atoms with Gasteiger partial charge in [0.1, 0.15) is 0 Å². The number of carbonyl (C=O) groups excluding carboxylic acids is 2. The number of amides is 1.